The molecule has 2 aromatic carbocycles. The molecule has 0 bridgehead atoms. The van der Waals surface area contributed by atoms with Crippen LogP contribution in [0.25, 0.3) is 6.08 Å². The van der Waals surface area contributed by atoms with Gasteiger partial charge in [-0.1, -0.05) is 13.0 Å². The molecule has 150 valence electrons. The van der Waals surface area contributed by atoms with Gasteiger partial charge in [0.15, 0.2) is 11.5 Å². The van der Waals surface area contributed by atoms with Gasteiger partial charge in [0, 0.05) is 0 Å². The Morgan fingerprint density at radius 1 is 1.10 bits per heavy atom. The highest BCUT2D eigenvalue weighted by Crippen LogP contribution is 2.29. The molecular formula is C21H20N2O6. The van der Waals surface area contributed by atoms with Crippen molar-refractivity contribution < 1.29 is 29.0 Å². The molecule has 1 aliphatic heterocycles. The van der Waals surface area contributed by atoms with Gasteiger partial charge in [0.25, 0.3) is 11.8 Å². The number of nitrogens with zero attached hydrogens (tertiary/aromatic N) is 1. The van der Waals surface area contributed by atoms with E-state index in [2.05, 4.69) is 5.32 Å². The molecule has 0 atom stereocenters. The number of aromatic hydroxyl groups is 1. The summed E-state index contributed by atoms with van der Waals surface area (Å²) in [7, 11) is 1.39. The van der Waals surface area contributed by atoms with E-state index in [1.807, 2.05) is 6.92 Å². The van der Waals surface area contributed by atoms with Crippen LogP contribution in [0.1, 0.15) is 18.9 Å². The molecule has 0 spiro atoms. The molecule has 29 heavy (non-hydrogen) atoms. The number of carbonyl (C=O) groups is 3. The fraction of sp³-hybridized carbons (Fsp3) is 0.190. The Balaban J connectivity index is 1.91. The Morgan fingerprint density at radius 2 is 1.83 bits per heavy atom. The third-order valence-corrected chi connectivity index (χ3v) is 4.18. The zero-order valence-corrected chi connectivity index (χ0v) is 16.0. The van der Waals surface area contributed by atoms with Crippen molar-refractivity contribution >= 4 is 29.6 Å². The number of imide groups is 2. The number of hydrogen-bond donors (Lipinski definition) is 2. The van der Waals surface area contributed by atoms with Crippen LogP contribution in [0.3, 0.4) is 0 Å². The Hall–Kier alpha value is -3.81. The number of benzene rings is 2. The highest BCUT2D eigenvalue weighted by atomic mass is 16.5. The van der Waals surface area contributed by atoms with E-state index >= 15 is 0 Å². The van der Waals surface area contributed by atoms with Gasteiger partial charge in [-0.15, -0.1) is 0 Å². The lowest BCUT2D eigenvalue weighted by Crippen LogP contribution is -2.54. The third kappa shape index (κ3) is 4.21. The minimum absolute atomic E-state index is 0.0729. The number of urea groups is 1. The number of carbonyl (C=O) groups excluding carboxylic acids is 3. The van der Waals surface area contributed by atoms with E-state index in [4.69, 9.17) is 9.47 Å². The maximum absolute atomic E-state index is 12.9. The highest BCUT2D eigenvalue weighted by Gasteiger charge is 2.36. The van der Waals surface area contributed by atoms with E-state index in [0.717, 1.165) is 11.3 Å². The molecule has 2 N–H and O–H groups in total. The van der Waals surface area contributed by atoms with E-state index in [9.17, 15) is 19.5 Å². The number of methoxy groups -OCH3 is 1. The summed E-state index contributed by atoms with van der Waals surface area (Å²) in [6.45, 7) is 2.54. The van der Waals surface area contributed by atoms with Crippen LogP contribution in [-0.2, 0) is 9.59 Å². The number of rotatable bonds is 6. The zero-order chi connectivity index (χ0) is 21.0. The molecule has 0 saturated carbocycles. The van der Waals surface area contributed by atoms with E-state index in [-0.39, 0.29) is 17.1 Å². The summed E-state index contributed by atoms with van der Waals surface area (Å²) in [5.74, 6) is -0.822. The van der Waals surface area contributed by atoms with Crippen LogP contribution in [0, 0.1) is 0 Å². The van der Waals surface area contributed by atoms with E-state index in [1.165, 1.54) is 31.4 Å². The van der Waals surface area contributed by atoms with Gasteiger partial charge in [0.2, 0.25) is 0 Å². The number of barbiturate groups is 1. The highest BCUT2D eigenvalue weighted by molar-refractivity contribution is 6.39. The molecule has 1 fully saturated rings. The molecule has 8 nitrogen and oxygen atoms in total. The first-order chi connectivity index (χ1) is 13.9. The second kappa shape index (κ2) is 8.47. The monoisotopic (exact) mass is 396 g/mol. The van der Waals surface area contributed by atoms with Crippen LogP contribution in [0.2, 0.25) is 0 Å². The van der Waals surface area contributed by atoms with Crippen molar-refractivity contribution in [2.45, 2.75) is 13.3 Å². The van der Waals surface area contributed by atoms with Crippen molar-refractivity contribution in [3.05, 3.63) is 53.6 Å². The van der Waals surface area contributed by atoms with E-state index < -0.39 is 17.8 Å². The van der Waals surface area contributed by atoms with Crippen molar-refractivity contribution in [2.24, 2.45) is 0 Å². The SMILES string of the molecule is CCCOc1ccc(N2C(=O)NC(=O)/C(=C/c3ccc(O)c(OC)c3)C2=O)cc1. The Morgan fingerprint density at radius 3 is 2.48 bits per heavy atom. The second-order valence-corrected chi connectivity index (χ2v) is 6.23. The number of anilines is 1. The maximum Gasteiger partial charge on any atom is 0.335 e. The summed E-state index contributed by atoms with van der Waals surface area (Å²) >= 11 is 0. The Labute approximate surface area is 167 Å². The van der Waals surface area contributed by atoms with Gasteiger partial charge >= 0.3 is 6.03 Å². The first-order valence-electron chi connectivity index (χ1n) is 8.96. The van der Waals surface area contributed by atoms with E-state index in [1.54, 1.807) is 24.3 Å². The molecule has 0 unspecified atom stereocenters. The average Bonchev–Trinajstić information content (AvgIpc) is 2.71. The summed E-state index contributed by atoms with van der Waals surface area (Å²) in [6, 6.07) is 9.98. The minimum atomic E-state index is -0.831. The quantitative estimate of drug-likeness (QED) is 0.575. The number of phenols is 1. The van der Waals surface area contributed by atoms with Crippen molar-refractivity contribution in [1.29, 1.82) is 0 Å². The third-order valence-electron chi connectivity index (χ3n) is 4.18. The smallest absolute Gasteiger partial charge is 0.335 e. The number of amides is 4. The van der Waals surface area contributed by atoms with Crippen molar-refractivity contribution in [1.82, 2.24) is 5.32 Å². The minimum Gasteiger partial charge on any atom is -0.504 e. The summed E-state index contributed by atoms with van der Waals surface area (Å²) in [4.78, 5) is 38.3. The van der Waals surface area contributed by atoms with Crippen LogP contribution < -0.4 is 19.7 Å². The lowest BCUT2D eigenvalue weighted by Gasteiger charge is -2.26. The second-order valence-electron chi connectivity index (χ2n) is 6.23. The molecule has 2 aromatic rings. The molecule has 3 rings (SSSR count). The molecule has 1 aliphatic rings. The van der Waals surface area contributed by atoms with Crippen LogP contribution >= 0.6 is 0 Å². The van der Waals surface area contributed by atoms with Crippen LogP contribution in [0.4, 0.5) is 10.5 Å². The summed E-state index contributed by atoms with van der Waals surface area (Å²) in [5, 5.41) is 11.9. The van der Waals surface area contributed by atoms with Gasteiger partial charge in [-0.2, -0.15) is 0 Å². The summed E-state index contributed by atoms with van der Waals surface area (Å²) in [5.41, 5.74) is 0.539. The van der Waals surface area contributed by atoms with Crippen molar-refractivity contribution in [2.75, 3.05) is 18.6 Å². The van der Waals surface area contributed by atoms with Gasteiger partial charge in [-0.25, -0.2) is 9.69 Å². The maximum atomic E-state index is 12.9. The lowest BCUT2D eigenvalue weighted by molar-refractivity contribution is -0.122. The molecule has 8 heteroatoms. The standard InChI is InChI=1S/C21H20N2O6/c1-3-10-29-15-7-5-14(6-8-15)23-20(26)16(19(25)22-21(23)27)11-13-4-9-17(24)18(12-13)28-2/h4-9,11-12,24H,3,10H2,1-2H3,(H,22,25,27)/b16-11-. The summed E-state index contributed by atoms with van der Waals surface area (Å²) in [6.07, 6.45) is 2.19. The number of nitrogens with one attached hydrogen (secondary N) is 1. The van der Waals surface area contributed by atoms with Gasteiger partial charge < -0.3 is 14.6 Å². The molecular weight excluding hydrogens is 376 g/mol. The fourth-order valence-corrected chi connectivity index (χ4v) is 2.75. The summed E-state index contributed by atoms with van der Waals surface area (Å²) < 4.78 is 10.5. The topological polar surface area (TPSA) is 105 Å². The molecule has 0 radical (unpaired) electrons. The predicted molar refractivity (Wildman–Crippen MR) is 106 cm³/mol. The molecule has 0 aliphatic carbocycles. The largest absolute Gasteiger partial charge is 0.504 e. The Bertz CT molecular complexity index is 981. The van der Waals surface area contributed by atoms with Crippen LogP contribution in [-0.4, -0.2) is 36.7 Å². The van der Waals surface area contributed by atoms with Crippen molar-refractivity contribution in [3.8, 4) is 17.2 Å². The number of phenolic OH excluding ortho intramolecular Hbond substituents is 1. The molecule has 4 amide bonds. The van der Waals surface area contributed by atoms with Gasteiger partial charge in [-0.3, -0.25) is 14.9 Å². The van der Waals surface area contributed by atoms with Crippen LogP contribution in [0.5, 0.6) is 17.2 Å². The average molecular weight is 396 g/mol. The first-order valence-corrected chi connectivity index (χ1v) is 8.96. The van der Waals surface area contributed by atoms with E-state index in [0.29, 0.717) is 23.6 Å². The lowest BCUT2D eigenvalue weighted by atomic mass is 10.1. The predicted octanol–water partition coefficient (Wildman–Crippen LogP) is 2.86. The Kier molecular flexibility index (Phi) is 5.82. The molecule has 1 saturated heterocycles. The molecule has 0 aromatic heterocycles. The van der Waals surface area contributed by atoms with Gasteiger partial charge in [0.05, 0.1) is 19.4 Å². The van der Waals surface area contributed by atoms with Gasteiger partial charge in [0.1, 0.15) is 11.3 Å². The number of hydrogen-bond acceptors (Lipinski definition) is 6. The number of ether oxygens (including phenoxy) is 2. The fourth-order valence-electron chi connectivity index (χ4n) is 2.75. The molecule has 1 heterocycles. The van der Waals surface area contributed by atoms with Crippen molar-refractivity contribution in [3.63, 3.8) is 0 Å². The zero-order valence-electron chi connectivity index (χ0n) is 16.0. The normalized spacial score (nSPS) is 15.4. The first kappa shape index (κ1) is 19.9. The van der Waals surface area contributed by atoms with Gasteiger partial charge in [-0.05, 0) is 54.5 Å². The van der Waals surface area contributed by atoms with Crippen LogP contribution in [0.15, 0.2) is 48.0 Å².